The van der Waals surface area contributed by atoms with Crippen molar-refractivity contribution in [2.45, 2.75) is 46.4 Å². The predicted molar refractivity (Wildman–Crippen MR) is 67.5 cm³/mol. The van der Waals surface area contributed by atoms with Gasteiger partial charge in [0, 0.05) is 13.2 Å². The molecule has 0 aliphatic rings. The molecule has 1 atom stereocenters. The van der Waals surface area contributed by atoms with Crippen LogP contribution in [-0.4, -0.2) is 38.0 Å². The number of nitrogens with two attached hydrogens (primary N) is 1. The summed E-state index contributed by atoms with van der Waals surface area (Å²) < 4.78 is 10.6. The van der Waals surface area contributed by atoms with Crippen LogP contribution in [0.5, 0.6) is 0 Å². The van der Waals surface area contributed by atoms with Crippen molar-refractivity contribution in [2.24, 2.45) is 11.7 Å². The Morgan fingerprint density at radius 2 is 1.76 bits per heavy atom. The Morgan fingerprint density at radius 3 is 2.18 bits per heavy atom. The van der Waals surface area contributed by atoms with Gasteiger partial charge in [0.15, 0.2) is 6.29 Å². The van der Waals surface area contributed by atoms with Crippen LogP contribution in [0.15, 0.2) is 0 Å². The zero-order valence-corrected chi connectivity index (χ0v) is 11.4. The van der Waals surface area contributed by atoms with Crippen molar-refractivity contribution in [3.8, 4) is 0 Å². The molecule has 0 aromatic heterocycles. The number of rotatable bonds is 9. The van der Waals surface area contributed by atoms with Crippen molar-refractivity contribution in [2.75, 3.05) is 19.8 Å². The van der Waals surface area contributed by atoms with E-state index in [1.807, 2.05) is 27.7 Å². The number of ether oxygens (including phenoxy) is 2. The van der Waals surface area contributed by atoms with Crippen molar-refractivity contribution in [3.05, 3.63) is 0 Å². The lowest BCUT2D eigenvalue weighted by molar-refractivity contribution is -0.141. The van der Waals surface area contributed by atoms with Crippen LogP contribution in [-0.2, 0) is 14.3 Å². The Kier molecular flexibility index (Phi) is 9.03. The fraction of sp³-hybridized carbons (Fsp3) is 0.917. The first kappa shape index (κ1) is 16.4. The maximum Gasteiger partial charge on any atom is 0.237 e. The van der Waals surface area contributed by atoms with Crippen molar-refractivity contribution in [1.29, 1.82) is 0 Å². The molecule has 102 valence electrons. The van der Waals surface area contributed by atoms with Crippen LogP contribution in [0.25, 0.3) is 0 Å². The monoisotopic (exact) mass is 246 g/mol. The number of carbonyl (C=O) groups excluding carboxylic acids is 1. The number of nitrogens with one attached hydrogen (secondary N) is 1. The lowest BCUT2D eigenvalue weighted by Crippen LogP contribution is -2.45. The van der Waals surface area contributed by atoms with Gasteiger partial charge in [0.05, 0.1) is 12.6 Å². The summed E-state index contributed by atoms with van der Waals surface area (Å²) in [5, 5.41) is 2.74. The fourth-order valence-corrected chi connectivity index (χ4v) is 1.47. The SMILES string of the molecule is CCOC(CNC(=O)[C@@H](N)CC(C)C)OCC. The average molecular weight is 246 g/mol. The van der Waals surface area contributed by atoms with Gasteiger partial charge in [0.1, 0.15) is 0 Å². The van der Waals surface area contributed by atoms with E-state index in [1.54, 1.807) is 0 Å². The van der Waals surface area contributed by atoms with E-state index in [4.69, 9.17) is 15.2 Å². The fourth-order valence-electron chi connectivity index (χ4n) is 1.47. The summed E-state index contributed by atoms with van der Waals surface area (Å²) in [5.41, 5.74) is 5.76. The third-order valence-corrected chi connectivity index (χ3v) is 2.21. The van der Waals surface area contributed by atoms with Gasteiger partial charge in [0.2, 0.25) is 5.91 Å². The lowest BCUT2D eigenvalue weighted by atomic mass is 10.0. The van der Waals surface area contributed by atoms with Gasteiger partial charge < -0.3 is 20.5 Å². The third-order valence-electron chi connectivity index (χ3n) is 2.21. The molecule has 0 heterocycles. The molecule has 0 aliphatic heterocycles. The molecular formula is C12H26N2O3. The highest BCUT2D eigenvalue weighted by atomic mass is 16.7. The standard InChI is InChI=1S/C12H26N2O3/c1-5-16-11(17-6-2)8-14-12(15)10(13)7-9(3)4/h9-11H,5-8,13H2,1-4H3,(H,14,15)/t10-/m0/s1. The quantitative estimate of drug-likeness (QED) is 0.592. The molecule has 5 nitrogen and oxygen atoms in total. The molecule has 0 saturated carbocycles. The summed E-state index contributed by atoms with van der Waals surface area (Å²) in [6, 6.07) is -0.459. The van der Waals surface area contributed by atoms with Crippen LogP contribution < -0.4 is 11.1 Å². The average Bonchev–Trinajstić information content (AvgIpc) is 2.25. The van der Waals surface area contributed by atoms with Crippen LogP contribution in [0.2, 0.25) is 0 Å². The largest absolute Gasteiger partial charge is 0.351 e. The molecule has 3 N–H and O–H groups in total. The molecule has 0 rings (SSSR count). The van der Waals surface area contributed by atoms with Gasteiger partial charge in [-0.15, -0.1) is 0 Å². The molecule has 1 amide bonds. The molecule has 0 aromatic rings. The molecule has 0 saturated heterocycles. The summed E-state index contributed by atoms with van der Waals surface area (Å²) in [6.45, 7) is 9.30. The van der Waals surface area contributed by atoms with Crippen LogP contribution in [0.3, 0.4) is 0 Å². The van der Waals surface area contributed by atoms with Gasteiger partial charge in [-0.3, -0.25) is 4.79 Å². The molecule has 0 bridgehead atoms. The molecule has 17 heavy (non-hydrogen) atoms. The summed E-state index contributed by atoms with van der Waals surface area (Å²) in [5.74, 6) is 0.258. The highest BCUT2D eigenvalue weighted by Gasteiger charge is 2.16. The topological polar surface area (TPSA) is 73.6 Å². The van der Waals surface area contributed by atoms with E-state index in [0.717, 1.165) is 0 Å². The van der Waals surface area contributed by atoms with E-state index in [2.05, 4.69) is 5.32 Å². The second-order valence-corrected chi connectivity index (χ2v) is 4.32. The minimum absolute atomic E-state index is 0.150. The van der Waals surface area contributed by atoms with Gasteiger partial charge in [0.25, 0.3) is 0 Å². The Morgan fingerprint density at radius 1 is 1.24 bits per heavy atom. The van der Waals surface area contributed by atoms with E-state index in [-0.39, 0.29) is 12.2 Å². The van der Waals surface area contributed by atoms with Gasteiger partial charge in [-0.2, -0.15) is 0 Å². The molecule has 0 unspecified atom stereocenters. The smallest absolute Gasteiger partial charge is 0.237 e. The van der Waals surface area contributed by atoms with Crippen molar-refractivity contribution in [3.63, 3.8) is 0 Å². The molecule has 0 aliphatic carbocycles. The van der Waals surface area contributed by atoms with E-state index in [1.165, 1.54) is 0 Å². The maximum absolute atomic E-state index is 11.6. The van der Waals surface area contributed by atoms with E-state index < -0.39 is 6.04 Å². The van der Waals surface area contributed by atoms with E-state index in [9.17, 15) is 4.79 Å². The Balaban J connectivity index is 3.93. The molecule has 0 spiro atoms. The van der Waals surface area contributed by atoms with Crippen molar-refractivity contribution in [1.82, 2.24) is 5.32 Å². The zero-order valence-electron chi connectivity index (χ0n) is 11.4. The summed E-state index contributed by atoms with van der Waals surface area (Å²) >= 11 is 0. The molecule has 0 aromatic carbocycles. The first-order chi connectivity index (χ1) is 8.01. The Labute approximate surface area is 104 Å². The second kappa shape index (κ2) is 9.39. The van der Waals surface area contributed by atoms with Crippen molar-refractivity contribution < 1.29 is 14.3 Å². The van der Waals surface area contributed by atoms with Crippen LogP contribution in [0, 0.1) is 5.92 Å². The first-order valence-electron chi connectivity index (χ1n) is 6.27. The van der Waals surface area contributed by atoms with Gasteiger partial charge in [-0.1, -0.05) is 13.8 Å². The van der Waals surface area contributed by atoms with Crippen LogP contribution in [0.1, 0.15) is 34.1 Å². The highest BCUT2D eigenvalue weighted by molar-refractivity contribution is 5.81. The number of hydrogen-bond acceptors (Lipinski definition) is 4. The van der Waals surface area contributed by atoms with Gasteiger partial charge in [-0.25, -0.2) is 0 Å². The first-order valence-corrected chi connectivity index (χ1v) is 6.27. The number of hydrogen-bond donors (Lipinski definition) is 2. The molecule has 0 fully saturated rings. The van der Waals surface area contributed by atoms with Gasteiger partial charge >= 0.3 is 0 Å². The molecule has 0 radical (unpaired) electrons. The minimum Gasteiger partial charge on any atom is -0.351 e. The Bertz CT molecular complexity index is 204. The summed E-state index contributed by atoms with van der Waals surface area (Å²) in [4.78, 5) is 11.6. The normalized spacial score (nSPS) is 13.1. The second-order valence-electron chi connectivity index (χ2n) is 4.32. The van der Waals surface area contributed by atoms with Crippen LogP contribution >= 0.6 is 0 Å². The highest BCUT2D eigenvalue weighted by Crippen LogP contribution is 2.02. The van der Waals surface area contributed by atoms with Crippen LogP contribution in [0.4, 0.5) is 0 Å². The summed E-state index contributed by atoms with van der Waals surface area (Å²) in [6.07, 6.45) is 0.292. The predicted octanol–water partition coefficient (Wildman–Crippen LogP) is 0.875. The third kappa shape index (κ3) is 8.12. The zero-order chi connectivity index (χ0) is 13.3. The maximum atomic E-state index is 11.6. The summed E-state index contributed by atoms with van der Waals surface area (Å²) in [7, 11) is 0. The number of amides is 1. The van der Waals surface area contributed by atoms with Gasteiger partial charge in [-0.05, 0) is 26.2 Å². The molecule has 5 heteroatoms. The Hall–Kier alpha value is -0.650. The van der Waals surface area contributed by atoms with Crippen molar-refractivity contribution >= 4 is 5.91 Å². The lowest BCUT2D eigenvalue weighted by Gasteiger charge is -2.19. The van der Waals surface area contributed by atoms with E-state index >= 15 is 0 Å². The molecular weight excluding hydrogens is 220 g/mol. The minimum atomic E-state index is -0.459. The number of carbonyl (C=O) groups is 1. The van der Waals surface area contributed by atoms with E-state index in [0.29, 0.717) is 32.1 Å².